The Morgan fingerprint density at radius 1 is 0.946 bits per heavy atom. The molecule has 0 spiro atoms. The highest BCUT2D eigenvalue weighted by molar-refractivity contribution is 5.94. The molecular formula is C29H36N6O2. The van der Waals surface area contributed by atoms with E-state index in [-0.39, 0.29) is 24.4 Å². The molecule has 1 saturated heterocycles. The number of imidazole rings is 1. The van der Waals surface area contributed by atoms with E-state index in [1.54, 1.807) is 12.5 Å². The monoisotopic (exact) mass is 500 g/mol. The van der Waals surface area contributed by atoms with Crippen LogP contribution in [0.3, 0.4) is 0 Å². The zero-order valence-corrected chi connectivity index (χ0v) is 21.6. The molecule has 2 aromatic heterocycles. The van der Waals surface area contributed by atoms with E-state index in [2.05, 4.69) is 33.1 Å². The number of piperidine rings is 1. The van der Waals surface area contributed by atoms with Crippen molar-refractivity contribution in [1.82, 2.24) is 24.3 Å². The van der Waals surface area contributed by atoms with E-state index in [0.29, 0.717) is 32.1 Å². The van der Waals surface area contributed by atoms with Crippen LogP contribution in [-0.2, 0) is 29.2 Å². The molecule has 2 aliphatic heterocycles. The Balaban J connectivity index is 1.52. The van der Waals surface area contributed by atoms with Crippen molar-refractivity contribution in [2.75, 3.05) is 18.0 Å². The number of carbonyl (C=O) groups excluding carboxylic acids is 2. The van der Waals surface area contributed by atoms with E-state index in [4.69, 9.17) is 0 Å². The number of hydrogen-bond donors (Lipinski definition) is 0. The zero-order chi connectivity index (χ0) is 25.6. The zero-order valence-electron chi connectivity index (χ0n) is 21.6. The molecular weight excluding hydrogens is 464 g/mol. The van der Waals surface area contributed by atoms with Crippen molar-refractivity contribution < 1.29 is 9.59 Å². The molecule has 4 heterocycles. The number of para-hydroxylation sites is 1. The van der Waals surface area contributed by atoms with Crippen LogP contribution in [0.2, 0.25) is 0 Å². The molecule has 0 aliphatic carbocycles. The van der Waals surface area contributed by atoms with Crippen molar-refractivity contribution in [2.24, 2.45) is 0 Å². The normalized spacial score (nSPS) is 20.7. The maximum atomic E-state index is 13.7. The summed E-state index contributed by atoms with van der Waals surface area (Å²) in [5, 5.41) is 0. The Labute approximate surface area is 218 Å². The molecule has 1 aromatic carbocycles. The van der Waals surface area contributed by atoms with Crippen LogP contribution in [0.5, 0.6) is 0 Å². The highest BCUT2D eigenvalue weighted by atomic mass is 16.2. The van der Waals surface area contributed by atoms with Gasteiger partial charge in [0.15, 0.2) is 0 Å². The number of amides is 2. The summed E-state index contributed by atoms with van der Waals surface area (Å²) in [6.07, 6.45) is 13.5. The molecule has 3 aromatic rings. The van der Waals surface area contributed by atoms with Crippen molar-refractivity contribution in [1.29, 1.82) is 0 Å². The van der Waals surface area contributed by atoms with Gasteiger partial charge in [0.05, 0.1) is 6.33 Å². The smallest absolute Gasteiger partial charge is 0.242 e. The molecule has 2 atom stereocenters. The van der Waals surface area contributed by atoms with Crippen LogP contribution in [0.1, 0.15) is 50.2 Å². The molecule has 1 fully saturated rings. The number of nitrogens with zero attached hydrogens (tertiary/aromatic N) is 6. The first-order valence-corrected chi connectivity index (χ1v) is 13.4. The first kappa shape index (κ1) is 25.1. The van der Waals surface area contributed by atoms with Crippen LogP contribution >= 0.6 is 0 Å². The third-order valence-corrected chi connectivity index (χ3v) is 7.72. The van der Waals surface area contributed by atoms with Crippen LogP contribution in [0.15, 0.2) is 67.5 Å². The number of carbonyl (C=O) groups is 2. The van der Waals surface area contributed by atoms with Crippen molar-refractivity contribution in [3.8, 4) is 0 Å². The molecule has 2 amide bonds. The lowest BCUT2D eigenvalue weighted by Crippen LogP contribution is -2.52. The summed E-state index contributed by atoms with van der Waals surface area (Å²) in [6.45, 7) is 4.79. The summed E-state index contributed by atoms with van der Waals surface area (Å²) in [5.74, 6) is 0.183. The molecule has 2 aliphatic rings. The van der Waals surface area contributed by atoms with Gasteiger partial charge in [0.2, 0.25) is 11.8 Å². The summed E-state index contributed by atoms with van der Waals surface area (Å²) in [5.41, 5.74) is 3.16. The maximum Gasteiger partial charge on any atom is 0.242 e. The van der Waals surface area contributed by atoms with Gasteiger partial charge in [-0.3, -0.25) is 19.5 Å². The van der Waals surface area contributed by atoms with Crippen LogP contribution in [0.4, 0.5) is 5.69 Å². The lowest BCUT2D eigenvalue weighted by atomic mass is 9.92. The van der Waals surface area contributed by atoms with Gasteiger partial charge in [-0.1, -0.05) is 31.5 Å². The average Bonchev–Trinajstić information content (AvgIpc) is 3.43. The topological polar surface area (TPSA) is 74.6 Å². The van der Waals surface area contributed by atoms with Crippen LogP contribution in [0, 0.1) is 0 Å². The molecule has 0 saturated carbocycles. The third-order valence-electron chi connectivity index (χ3n) is 7.72. The molecule has 37 heavy (non-hydrogen) atoms. The van der Waals surface area contributed by atoms with Crippen LogP contribution in [0.25, 0.3) is 0 Å². The van der Waals surface area contributed by atoms with Gasteiger partial charge in [-0.25, -0.2) is 4.98 Å². The summed E-state index contributed by atoms with van der Waals surface area (Å²) >= 11 is 0. The van der Waals surface area contributed by atoms with E-state index >= 15 is 0 Å². The molecule has 8 nitrogen and oxygen atoms in total. The van der Waals surface area contributed by atoms with Crippen LogP contribution in [-0.4, -0.2) is 61.3 Å². The molecule has 0 radical (unpaired) electrons. The largest absolute Gasteiger partial charge is 0.335 e. The second-order valence-electron chi connectivity index (χ2n) is 10.1. The van der Waals surface area contributed by atoms with Gasteiger partial charge in [0.1, 0.15) is 6.54 Å². The van der Waals surface area contributed by atoms with Gasteiger partial charge in [0.25, 0.3) is 0 Å². The first-order chi connectivity index (χ1) is 18.1. The van der Waals surface area contributed by atoms with Crippen molar-refractivity contribution >= 4 is 17.5 Å². The number of rotatable bonds is 5. The predicted molar refractivity (Wildman–Crippen MR) is 143 cm³/mol. The molecule has 2 unspecified atom stereocenters. The second kappa shape index (κ2) is 11.7. The Hall–Kier alpha value is -3.52. The predicted octanol–water partition coefficient (Wildman–Crippen LogP) is 3.88. The Morgan fingerprint density at radius 2 is 1.76 bits per heavy atom. The number of aromatic nitrogens is 3. The summed E-state index contributed by atoms with van der Waals surface area (Å²) < 4.78 is 1.82. The first-order valence-electron chi connectivity index (χ1n) is 13.4. The van der Waals surface area contributed by atoms with Gasteiger partial charge in [-0.05, 0) is 48.6 Å². The van der Waals surface area contributed by atoms with Crippen molar-refractivity contribution in [2.45, 2.75) is 70.7 Å². The van der Waals surface area contributed by atoms with E-state index in [0.717, 1.165) is 43.5 Å². The Morgan fingerprint density at radius 3 is 2.54 bits per heavy atom. The average molecular weight is 501 g/mol. The molecule has 194 valence electrons. The molecule has 8 heteroatoms. The standard InChI is InChI=1S/C29H36N6O2/c1-2-28(36)34-16-12-25-7-5-8-26(35(25)18-23-10-13-30-14-11-23)20-33(19-24-6-3-4-9-27(24)34)29(37)21-32-17-15-31-22-32/h3-4,6,9-11,13-15,17,22,25-26H,2,5,7-8,12,16,18-21H2,1H3. The minimum absolute atomic E-state index is 0.0615. The molecule has 5 rings (SSSR count). The number of benzene rings is 1. The van der Waals surface area contributed by atoms with Crippen molar-refractivity contribution in [3.63, 3.8) is 0 Å². The lowest BCUT2D eigenvalue weighted by Gasteiger charge is -2.44. The molecule has 0 N–H and O–H groups in total. The highest BCUT2D eigenvalue weighted by Gasteiger charge is 2.34. The van der Waals surface area contributed by atoms with Gasteiger partial charge < -0.3 is 14.4 Å². The summed E-state index contributed by atoms with van der Waals surface area (Å²) in [7, 11) is 0. The second-order valence-corrected chi connectivity index (χ2v) is 10.1. The molecule has 2 bridgehead atoms. The Bertz CT molecular complexity index is 1180. The number of anilines is 1. The lowest BCUT2D eigenvalue weighted by molar-refractivity contribution is -0.134. The quantitative estimate of drug-likeness (QED) is 0.532. The van der Waals surface area contributed by atoms with Crippen LogP contribution < -0.4 is 4.90 Å². The SMILES string of the molecule is CCC(=O)N1CCC2CCCC(CN(C(=O)Cn3ccnc3)Cc3ccccc31)N2Cc1ccncc1. The minimum Gasteiger partial charge on any atom is -0.335 e. The van der Waals surface area contributed by atoms with Gasteiger partial charge in [-0.2, -0.15) is 0 Å². The fourth-order valence-electron chi connectivity index (χ4n) is 5.79. The summed E-state index contributed by atoms with van der Waals surface area (Å²) in [6, 6.07) is 12.8. The minimum atomic E-state index is 0.0615. The number of fused-ring (bicyclic) bond motifs is 3. The van der Waals surface area contributed by atoms with Gasteiger partial charge in [0, 0.05) is 75.2 Å². The fraction of sp³-hybridized carbons (Fsp3) is 0.448. The maximum absolute atomic E-state index is 13.7. The Kier molecular flexibility index (Phi) is 7.94. The van der Waals surface area contributed by atoms with Gasteiger partial charge >= 0.3 is 0 Å². The fourth-order valence-corrected chi connectivity index (χ4v) is 5.79. The van der Waals surface area contributed by atoms with Crippen molar-refractivity contribution in [3.05, 3.63) is 78.6 Å². The third kappa shape index (κ3) is 5.91. The summed E-state index contributed by atoms with van der Waals surface area (Å²) in [4.78, 5) is 41.7. The van der Waals surface area contributed by atoms with E-state index in [9.17, 15) is 9.59 Å². The number of hydrogen-bond acceptors (Lipinski definition) is 5. The van der Waals surface area contributed by atoms with E-state index in [1.165, 1.54) is 5.56 Å². The number of pyridine rings is 1. The van der Waals surface area contributed by atoms with E-state index < -0.39 is 0 Å². The highest BCUT2D eigenvalue weighted by Crippen LogP contribution is 2.31. The van der Waals surface area contributed by atoms with Gasteiger partial charge in [-0.15, -0.1) is 0 Å². The van der Waals surface area contributed by atoms with E-state index in [1.807, 2.05) is 58.1 Å².